The average Bonchev–Trinajstić information content (AvgIpc) is 3.17. The third-order valence-corrected chi connectivity index (χ3v) is 6.69. The highest BCUT2D eigenvalue weighted by Gasteiger charge is 2.24. The predicted octanol–water partition coefficient (Wildman–Crippen LogP) is 5.22. The van der Waals surface area contributed by atoms with E-state index in [4.69, 9.17) is 23.2 Å². The lowest BCUT2D eigenvalue weighted by molar-refractivity contribution is -0.385. The van der Waals surface area contributed by atoms with Crippen molar-refractivity contribution >= 4 is 57.0 Å². The molecule has 4 rings (SSSR count). The summed E-state index contributed by atoms with van der Waals surface area (Å²) in [5.74, 6) is -1.28. The van der Waals surface area contributed by atoms with Crippen molar-refractivity contribution < 1.29 is 14.8 Å². The number of aryl methyl sites for hydroxylation is 1. The zero-order chi connectivity index (χ0) is 22.1. The summed E-state index contributed by atoms with van der Waals surface area (Å²) in [6.07, 6.45) is 1.25. The Morgan fingerprint density at radius 1 is 1.26 bits per heavy atom. The molecule has 1 aliphatic carbocycles. The van der Waals surface area contributed by atoms with Gasteiger partial charge in [0.05, 0.1) is 20.7 Å². The summed E-state index contributed by atoms with van der Waals surface area (Å²) in [4.78, 5) is 27.9. The number of nitrogens with zero attached hydrogens (tertiary/aromatic N) is 3. The molecule has 31 heavy (non-hydrogen) atoms. The Morgan fingerprint density at radius 3 is 2.77 bits per heavy atom. The quantitative estimate of drug-likeness (QED) is 0.286. The number of nitro groups is 1. The van der Waals surface area contributed by atoms with Crippen LogP contribution in [0.4, 0.5) is 10.8 Å². The summed E-state index contributed by atoms with van der Waals surface area (Å²) in [7, 11) is 0. The number of hydrogen-bond acceptors (Lipinski definition) is 7. The van der Waals surface area contributed by atoms with Gasteiger partial charge in [-0.3, -0.25) is 15.5 Å². The maximum atomic E-state index is 11.6. The highest BCUT2D eigenvalue weighted by Crippen LogP contribution is 2.42. The summed E-state index contributed by atoms with van der Waals surface area (Å²) in [5, 5.41) is 26.1. The highest BCUT2D eigenvalue weighted by molar-refractivity contribution is 7.16. The standard InChI is InChI=1S/C20H14Cl2N4O4S/c21-13-7-5-12-11(17(13)22)6-8-16-18(12)23-20(31-16)25-24-14(19(27)28)9-10-3-1-2-4-15(10)26(29)30/h1-5,7H,6,8-9H2,(H,23,25)(H,27,28). The molecule has 0 unspecified atom stereocenters. The van der Waals surface area contributed by atoms with E-state index in [-0.39, 0.29) is 23.4 Å². The van der Waals surface area contributed by atoms with Crippen molar-refractivity contribution in [3.05, 3.63) is 72.6 Å². The van der Waals surface area contributed by atoms with Crippen molar-refractivity contribution in [2.45, 2.75) is 19.3 Å². The topological polar surface area (TPSA) is 118 Å². The molecular weight excluding hydrogens is 463 g/mol. The van der Waals surface area contributed by atoms with Crippen molar-refractivity contribution in [3.8, 4) is 11.3 Å². The Labute approximate surface area is 190 Å². The highest BCUT2D eigenvalue weighted by atomic mass is 35.5. The van der Waals surface area contributed by atoms with E-state index < -0.39 is 10.9 Å². The Morgan fingerprint density at radius 2 is 2.03 bits per heavy atom. The second-order valence-electron chi connectivity index (χ2n) is 6.72. The smallest absolute Gasteiger partial charge is 0.352 e. The van der Waals surface area contributed by atoms with Gasteiger partial charge in [-0.2, -0.15) is 5.10 Å². The number of thiazole rings is 1. The zero-order valence-electron chi connectivity index (χ0n) is 15.8. The molecule has 0 spiro atoms. The van der Waals surface area contributed by atoms with Crippen molar-refractivity contribution in [1.82, 2.24) is 4.98 Å². The van der Waals surface area contributed by atoms with E-state index in [9.17, 15) is 20.0 Å². The van der Waals surface area contributed by atoms with E-state index in [2.05, 4.69) is 15.5 Å². The van der Waals surface area contributed by atoms with E-state index >= 15 is 0 Å². The number of anilines is 1. The molecule has 8 nitrogen and oxygen atoms in total. The van der Waals surface area contributed by atoms with Crippen LogP contribution in [-0.4, -0.2) is 26.7 Å². The number of halogens is 2. The monoisotopic (exact) mass is 476 g/mol. The average molecular weight is 477 g/mol. The number of benzene rings is 2. The van der Waals surface area contributed by atoms with Crippen molar-refractivity contribution in [1.29, 1.82) is 0 Å². The number of carboxylic acids is 1. The molecule has 0 aliphatic heterocycles. The van der Waals surface area contributed by atoms with Crippen molar-refractivity contribution in [2.24, 2.45) is 5.10 Å². The minimum absolute atomic E-state index is 0.159. The number of hydrogen-bond donors (Lipinski definition) is 2. The number of nitrogens with one attached hydrogen (secondary N) is 1. The van der Waals surface area contributed by atoms with Gasteiger partial charge in [0.25, 0.3) is 5.69 Å². The fourth-order valence-electron chi connectivity index (χ4n) is 3.37. The molecule has 0 bridgehead atoms. The van der Waals surface area contributed by atoms with Crippen LogP contribution in [0.2, 0.25) is 10.0 Å². The minimum Gasteiger partial charge on any atom is -0.477 e. The van der Waals surface area contributed by atoms with Gasteiger partial charge in [-0.25, -0.2) is 9.78 Å². The molecule has 2 aromatic carbocycles. The van der Waals surface area contributed by atoms with Crippen LogP contribution < -0.4 is 5.43 Å². The van der Waals surface area contributed by atoms with E-state index in [0.717, 1.165) is 34.5 Å². The Balaban J connectivity index is 1.61. The molecule has 0 fully saturated rings. The maximum Gasteiger partial charge on any atom is 0.352 e. The summed E-state index contributed by atoms with van der Waals surface area (Å²) in [5.41, 5.74) is 5.12. The molecule has 1 aliphatic rings. The number of aromatic nitrogens is 1. The second-order valence-corrected chi connectivity index (χ2v) is 8.59. The summed E-state index contributed by atoms with van der Waals surface area (Å²) >= 11 is 13.8. The fraction of sp³-hybridized carbons (Fsp3) is 0.150. The summed E-state index contributed by atoms with van der Waals surface area (Å²) in [6.45, 7) is 0. The lowest BCUT2D eigenvalue weighted by Gasteiger charge is -2.16. The Hall–Kier alpha value is -3.01. The van der Waals surface area contributed by atoms with Crippen LogP contribution in [0.3, 0.4) is 0 Å². The minimum atomic E-state index is -1.28. The van der Waals surface area contributed by atoms with E-state index in [1.165, 1.54) is 29.5 Å². The number of carbonyl (C=O) groups is 1. The van der Waals surface area contributed by atoms with E-state index in [1.54, 1.807) is 12.1 Å². The van der Waals surface area contributed by atoms with Crippen LogP contribution in [0.15, 0.2) is 41.5 Å². The molecule has 0 saturated heterocycles. The molecule has 1 aromatic heterocycles. The first-order valence-electron chi connectivity index (χ1n) is 9.10. The van der Waals surface area contributed by atoms with E-state index in [1.807, 2.05) is 6.07 Å². The number of carboxylic acid groups (broad SMARTS) is 1. The van der Waals surface area contributed by atoms with Crippen LogP contribution in [-0.2, 0) is 24.1 Å². The zero-order valence-corrected chi connectivity index (χ0v) is 18.1. The van der Waals surface area contributed by atoms with Crippen LogP contribution >= 0.6 is 34.5 Å². The molecule has 3 aromatic rings. The molecule has 0 saturated carbocycles. The van der Waals surface area contributed by atoms with Gasteiger partial charge in [0.2, 0.25) is 5.13 Å². The van der Waals surface area contributed by atoms with Gasteiger partial charge in [-0.1, -0.05) is 58.8 Å². The molecule has 1 heterocycles. The summed E-state index contributed by atoms with van der Waals surface area (Å²) < 4.78 is 0. The van der Waals surface area contributed by atoms with Gasteiger partial charge < -0.3 is 5.11 Å². The van der Waals surface area contributed by atoms with Gasteiger partial charge >= 0.3 is 5.97 Å². The van der Waals surface area contributed by atoms with Crippen molar-refractivity contribution in [3.63, 3.8) is 0 Å². The van der Waals surface area contributed by atoms with Crippen LogP contribution in [0, 0.1) is 10.1 Å². The van der Waals surface area contributed by atoms with Gasteiger partial charge in [-0.05, 0) is 24.5 Å². The molecule has 2 N–H and O–H groups in total. The predicted molar refractivity (Wildman–Crippen MR) is 120 cm³/mol. The number of fused-ring (bicyclic) bond motifs is 3. The first-order chi connectivity index (χ1) is 14.8. The number of aliphatic carboxylic acids is 1. The molecule has 0 atom stereocenters. The lowest BCUT2D eigenvalue weighted by atomic mass is 9.93. The molecule has 0 amide bonds. The van der Waals surface area contributed by atoms with Crippen LogP contribution in [0.25, 0.3) is 11.3 Å². The molecule has 0 radical (unpaired) electrons. The largest absolute Gasteiger partial charge is 0.477 e. The Kier molecular flexibility index (Phi) is 5.90. The van der Waals surface area contributed by atoms with Gasteiger partial charge in [0.1, 0.15) is 5.71 Å². The van der Waals surface area contributed by atoms with Gasteiger partial charge in [-0.15, -0.1) is 0 Å². The third-order valence-electron chi connectivity index (χ3n) is 4.83. The Bertz CT molecular complexity index is 1240. The third kappa shape index (κ3) is 4.25. The fourth-order valence-corrected chi connectivity index (χ4v) is 4.73. The van der Waals surface area contributed by atoms with Crippen LogP contribution in [0.1, 0.15) is 16.0 Å². The summed E-state index contributed by atoms with van der Waals surface area (Å²) in [6, 6.07) is 9.55. The molecular formula is C20H14Cl2N4O4S. The second kappa shape index (κ2) is 8.62. The van der Waals surface area contributed by atoms with Crippen molar-refractivity contribution in [2.75, 3.05) is 5.43 Å². The first-order valence-corrected chi connectivity index (χ1v) is 10.7. The molecule has 158 valence electrons. The number of para-hydroxylation sites is 1. The SMILES string of the molecule is O=C(O)C(Cc1ccccc1[N+](=O)[O-])=NNc1nc2c(s1)CCc1c-2ccc(Cl)c1Cl. The number of nitro benzene ring substituents is 1. The van der Waals surface area contributed by atoms with Crippen LogP contribution in [0.5, 0.6) is 0 Å². The number of rotatable bonds is 6. The lowest BCUT2D eigenvalue weighted by Crippen LogP contribution is -2.18. The molecule has 11 heteroatoms. The first kappa shape index (κ1) is 21.2. The normalized spacial score (nSPS) is 12.8. The number of hydrazone groups is 1. The van der Waals surface area contributed by atoms with Gasteiger partial charge in [0, 0.05) is 28.5 Å². The maximum absolute atomic E-state index is 11.6. The van der Waals surface area contributed by atoms with E-state index in [0.29, 0.717) is 15.2 Å². The van der Waals surface area contributed by atoms with Gasteiger partial charge in [0.15, 0.2) is 0 Å².